The van der Waals surface area contributed by atoms with Gasteiger partial charge in [0.15, 0.2) is 5.13 Å². The van der Waals surface area contributed by atoms with E-state index in [1.54, 1.807) is 0 Å². The van der Waals surface area contributed by atoms with Gasteiger partial charge in [-0.1, -0.05) is 48.6 Å². The van der Waals surface area contributed by atoms with Crippen molar-refractivity contribution in [2.24, 2.45) is 5.92 Å². The molecule has 48 heavy (non-hydrogen) atoms. The number of anilines is 1. The Morgan fingerprint density at radius 3 is 2.52 bits per heavy atom. The second-order valence-corrected chi connectivity index (χ2v) is 14.7. The Balaban J connectivity index is 1.24. The minimum Gasteiger partial charge on any atom is -0.481 e. The molecule has 1 unspecified atom stereocenters. The Hall–Kier alpha value is -4.60. The normalized spacial score (nSPS) is 18.6. The van der Waals surface area contributed by atoms with Crippen LogP contribution >= 0.6 is 11.3 Å². The van der Waals surface area contributed by atoms with Crippen molar-refractivity contribution < 1.29 is 32.7 Å². The fraction of sp³-hybridized carbons (Fsp3) is 0.364. The minimum atomic E-state index is -3.54. The molecule has 3 aromatic rings. The number of hydrogen-bond acceptors (Lipinski definition) is 9. The van der Waals surface area contributed by atoms with Crippen LogP contribution in [0.1, 0.15) is 47.3 Å². The van der Waals surface area contributed by atoms with E-state index in [4.69, 9.17) is 10.1 Å². The predicted octanol–water partition coefficient (Wildman–Crippen LogP) is 2.71. The molecule has 13 nitrogen and oxygen atoms in total. The number of aromatic nitrogens is 2. The summed E-state index contributed by atoms with van der Waals surface area (Å²) in [4.78, 5) is 56.3. The lowest BCUT2D eigenvalue weighted by Crippen LogP contribution is -2.45. The molecule has 254 valence electrons. The van der Waals surface area contributed by atoms with E-state index in [0.717, 1.165) is 21.4 Å². The summed E-state index contributed by atoms with van der Waals surface area (Å²) in [5.74, 6) is -2.16. The van der Waals surface area contributed by atoms with E-state index in [1.807, 2.05) is 53.9 Å². The molecule has 0 spiro atoms. The maximum Gasteiger partial charge on any atom is 0.304 e. The largest absolute Gasteiger partial charge is 0.481 e. The van der Waals surface area contributed by atoms with Crippen LogP contribution in [0, 0.1) is 5.92 Å². The van der Waals surface area contributed by atoms with Crippen molar-refractivity contribution in [1.82, 2.24) is 24.5 Å². The highest BCUT2D eigenvalue weighted by Crippen LogP contribution is 2.40. The van der Waals surface area contributed by atoms with Gasteiger partial charge in [-0.2, -0.15) is 0 Å². The van der Waals surface area contributed by atoms with Gasteiger partial charge in [-0.05, 0) is 49.6 Å². The highest BCUT2D eigenvalue weighted by Gasteiger charge is 2.37. The summed E-state index contributed by atoms with van der Waals surface area (Å²) in [6, 6.07) is 11.3. The number of amides is 3. The first-order chi connectivity index (χ1) is 22.9. The van der Waals surface area contributed by atoms with Crippen molar-refractivity contribution >= 4 is 55.8 Å². The number of hydrogen-bond donors (Lipinski definition) is 4. The molecule has 0 saturated carbocycles. The lowest BCUT2D eigenvalue weighted by Gasteiger charge is -2.35. The van der Waals surface area contributed by atoms with E-state index in [1.165, 1.54) is 29.8 Å². The second-order valence-electron chi connectivity index (χ2n) is 12.0. The molecule has 5 rings (SSSR count). The molecule has 2 aromatic heterocycles. The van der Waals surface area contributed by atoms with Crippen molar-refractivity contribution in [2.45, 2.75) is 31.1 Å². The van der Waals surface area contributed by atoms with E-state index < -0.39 is 33.2 Å². The Bertz CT molecular complexity index is 1820. The van der Waals surface area contributed by atoms with Gasteiger partial charge in [-0.25, -0.2) is 13.4 Å². The number of nitrogens with zero attached hydrogens (tertiary/aromatic N) is 3. The van der Waals surface area contributed by atoms with Gasteiger partial charge in [0.25, 0.3) is 5.91 Å². The summed E-state index contributed by atoms with van der Waals surface area (Å²) in [6.07, 6.45) is 11.4. The molecule has 0 bridgehead atoms. The van der Waals surface area contributed by atoms with Crippen LogP contribution in [0.2, 0.25) is 0 Å². The Kier molecular flexibility index (Phi) is 10.9. The summed E-state index contributed by atoms with van der Waals surface area (Å²) < 4.78 is 24.3. The third kappa shape index (κ3) is 8.85. The lowest BCUT2D eigenvalue weighted by atomic mass is 9.74. The molecule has 3 heterocycles. The predicted molar refractivity (Wildman–Crippen MR) is 182 cm³/mol. The lowest BCUT2D eigenvalue weighted by molar-refractivity contribution is -0.137. The summed E-state index contributed by atoms with van der Waals surface area (Å²) in [7, 11) is -3.54. The number of carboxylic acid groups (broad SMARTS) is 1. The van der Waals surface area contributed by atoms with Gasteiger partial charge in [0, 0.05) is 36.8 Å². The van der Waals surface area contributed by atoms with Crippen molar-refractivity contribution in [1.29, 1.82) is 0 Å². The smallest absolute Gasteiger partial charge is 0.304 e. The van der Waals surface area contributed by atoms with Crippen LogP contribution < -0.4 is 16.0 Å². The van der Waals surface area contributed by atoms with Crippen molar-refractivity contribution in [2.75, 3.05) is 44.3 Å². The molecule has 1 atom stereocenters. The standard InChI is InChI=1S/C33H38N6O7S2/c1-48(45,46)39-17-11-26(20-39)31(44)34-19-28(40)37-32-36-27(21-47-32)33(13-5-8-25(18-33)23-6-3-2-4-7-23)22-35-30(43)24-9-14-38(15-10-24)16-12-29(41)42/h2-8,11,13,17,20-21,24H,9-10,12,14-16,18-19,22H2,1H3,(H,34,44)(H,35,43)(H,41,42)(H,36,37,40). The van der Waals surface area contributed by atoms with Crippen LogP contribution in [-0.2, 0) is 29.8 Å². The average molecular weight is 695 g/mol. The third-order valence-corrected chi connectivity index (χ3v) is 10.3. The summed E-state index contributed by atoms with van der Waals surface area (Å²) in [6.45, 7) is 1.74. The van der Waals surface area contributed by atoms with Crippen LogP contribution in [0.4, 0.5) is 5.13 Å². The van der Waals surface area contributed by atoms with E-state index in [-0.39, 0.29) is 36.9 Å². The number of benzene rings is 1. The average Bonchev–Trinajstić information content (AvgIpc) is 3.77. The van der Waals surface area contributed by atoms with Gasteiger partial charge >= 0.3 is 5.97 Å². The zero-order chi connectivity index (χ0) is 34.3. The molecule has 1 saturated heterocycles. The van der Waals surface area contributed by atoms with Crippen molar-refractivity contribution in [3.05, 3.63) is 89.2 Å². The van der Waals surface area contributed by atoms with Gasteiger partial charge in [-0.3, -0.25) is 23.2 Å². The van der Waals surface area contributed by atoms with E-state index in [0.29, 0.717) is 49.7 Å². The van der Waals surface area contributed by atoms with Gasteiger partial charge in [-0.15, -0.1) is 11.3 Å². The number of carboxylic acids is 1. The number of nitrogens with one attached hydrogen (secondary N) is 3. The Morgan fingerprint density at radius 2 is 1.83 bits per heavy atom. The molecule has 1 aromatic carbocycles. The van der Waals surface area contributed by atoms with Crippen LogP contribution in [0.15, 0.2) is 72.4 Å². The molecule has 0 radical (unpaired) electrons. The van der Waals surface area contributed by atoms with Crippen LogP contribution in [0.25, 0.3) is 5.57 Å². The summed E-state index contributed by atoms with van der Waals surface area (Å²) in [5, 5.41) is 19.5. The SMILES string of the molecule is CS(=O)(=O)n1ccc(C(=O)NCC(=O)Nc2nc(C3(CNC(=O)C4CCN(CCC(=O)O)CC4)C=CC=C(c4ccccc4)C3)cs2)c1. The highest BCUT2D eigenvalue weighted by atomic mass is 32.2. The molecule has 2 aliphatic rings. The van der Waals surface area contributed by atoms with Crippen LogP contribution in [0.3, 0.4) is 0 Å². The van der Waals surface area contributed by atoms with Crippen LogP contribution in [0.5, 0.6) is 0 Å². The molecule has 1 aliphatic carbocycles. The molecule has 1 aliphatic heterocycles. The number of rotatable bonds is 13. The topological polar surface area (TPSA) is 180 Å². The number of likely N-dealkylation sites (tertiary alicyclic amines) is 1. The first-order valence-electron chi connectivity index (χ1n) is 15.5. The fourth-order valence-corrected chi connectivity index (χ4v) is 7.23. The zero-order valence-electron chi connectivity index (χ0n) is 26.4. The molecule has 15 heteroatoms. The molecular formula is C33H38N6O7S2. The maximum absolute atomic E-state index is 13.4. The first-order valence-corrected chi connectivity index (χ1v) is 18.2. The molecule has 4 N–H and O–H groups in total. The van der Waals surface area contributed by atoms with Gasteiger partial charge in [0.2, 0.25) is 21.8 Å². The summed E-state index contributed by atoms with van der Waals surface area (Å²) in [5.41, 5.74) is 2.21. The van der Waals surface area contributed by atoms with Gasteiger partial charge in [0.05, 0.1) is 35.9 Å². The van der Waals surface area contributed by atoms with Crippen molar-refractivity contribution in [3.8, 4) is 0 Å². The first kappa shape index (κ1) is 34.7. The Morgan fingerprint density at radius 1 is 1.08 bits per heavy atom. The molecular weight excluding hydrogens is 657 g/mol. The highest BCUT2D eigenvalue weighted by molar-refractivity contribution is 7.89. The van der Waals surface area contributed by atoms with Gasteiger partial charge in [0.1, 0.15) is 0 Å². The number of thiazole rings is 1. The molecule has 1 fully saturated rings. The summed E-state index contributed by atoms with van der Waals surface area (Å²) >= 11 is 1.23. The van der Waals surface area contributed by atoms with E-state index in [9.17, 15) is 27.6 Å². The Labute approximate surface area is 282 Å². The second kappa shape index (κ2) is 15.1. The quantitative estimate of drug-likeness (QED) is 0.209. The van der Waals surface area contributed by atoms with E-state index in [2.05, 4.69) is 20.9 Å². The zero-order valence-corrected chi connectivity index (χ0v) is 28.1. The number of piperidine rings is 1. The minimum absolute atomic E-state index is 0.0529. The number of carbonyl (C=O) groups is 4. The number of allylic oxidation sites excluding steroid dienone is 3. The number of carbonyl (C=O) groups excluding carboxylic acids is 3. The van der Waals surface area contributed by atoms with Crippen molar-refractivity contribution in [3.63, 3.8) is 0 Å². The van der Waals surface area contributed by atoms with E-state index >= 15 is 0 Å². The number of aliphatic carboxylic acids is 1. The van der Waals surface area contributed by atoms with Gasteiger partial charge < -0.3 is 26.0 Å². The fourth-order valence-electron chi connectivity index (χ4n) is 5.81. The van der Waals surface area contributed by atoms with Crippen LogP contribution in [-0.4, -0.2) is 90.1 Å². The maximum atomic E-state index is 13.4. The molecule has 3 amide bonds. The monoisotopic (exact) mass is 694 g/mol. The third-order valence-electron chi connectivity index (χ3n) is 8.52.